The Morgan fingerprint density at radius 2 is 2.00 bits per heavy atom. The summed E-state index contributed by atoms with van der Waals surface area (Å²) in [6, 6.07) is 10.0. The summed E-state index contributed by atoms with van der Waals surface area (Å²) < 4.78 is 6.25. The van der Waals surface area contributed by atoms with E-state index in [0.29, 0.717) is 22.5 Å². The van der Waals surface area contributed by atoms with Gasteiger partial charge in [-0.1, -0.05) is 22.0 Å². The van der Waals surface area contributed by atoms with Gasteiger partial charge in [0, 0.05) is 17.1 Å². The summed E-state index contributed by atoms with van der Waals surface area (Å²) >= 11 is 3.23. The summed E-state index contributed by atoms with van der Waals surface area (Å²) in [5.41, 5.74) is 7.64. The van der Waals surface area contributed by atoms with Gasteiger partial charge in [-0.2, -0.15) is 0 Å². The Balaban J connectivity index is 2.30. The Morgan fingerprint density at radius 1 is 1.25 bits per heavy atom. The van der Waals surface area contributed by atoms with Crippen molar-refractivity contribution in [1.29, 1.82) is 0 Å². The van der Waals surface area contributed by atoms with Crippen LogP contribution in [0.25, 0.3) is 0 Å². The number of nitro benzene ring substituents is 1. The molecule has 0 heterocycles. The van der Waals surface area contributed by atoms with Gasteiger partial charge in [-0.3, -0.25) is 10.1 Å². The van der Waals surface area contributed by atoms with Crippen molar-refractivity contribution in [2.24, 2.45) is 5.73 Å². The maximum Gasteiger partial charge on any atom is 0.274 e. The molecule has 0 aromatic heterocycles. The van der Waals surface area contributed by atoms with Crippen LogP contribution in [0.5, 0.6) is 11.5 Å². The van der Waals surface area contributed by atoms with Crippen molar-refractivity contribution in [1.82, 2.24) is 0 Å². The molecule has 0 spiro atoms. The minimum absolute atomic E-state index is 0.0234. The molecule has 0 aliphatic carbocycles. The number of halogens is 1. The molecule has 0 aliphatic heterocycles. The van der Waals surface area contributed by atoms with Crippen molar-refractivity contribution in [2.45, 2.75) is 13.5 Å². The second-order valence-corrected chi connectivity index (χ2v) is 5.21. The molecule has 0 saturated heterocycles. The third kappa shape index (κ3) is 3.34. The fraction of sp³-hybridized carbons (Fsp3) is 0.143. The molecule has 0 unspecified atom stereocenters. The van der Waals surface area contributed by atoms with E-state index in [-0.39, 0.29) is 5.69 Å². The van der Waals surface area contributed by atoms with Gasteiger partial charge in [-0.05, 0) is 36.2 Å². The number of benzene rings is 2. The first-order valence-electron chi connectivity index (χ1n) is 5.92. The molecule has 2 rings (SSSR count). The first kappa shape index (κ1) is 14.5. The fourth-order valence-electron chi connectivity index (χ4n) is 1.81. The molecule has 5 nitrogen and oxygen atoms in total. The highest BCUT2D eigenvalue weighted by Crippen LogP contribution is 2.30. The van der Waals surface area contributed by atoms with Crippen LogP contribution >= 0.6 is 15.9 Å². The third-order valence-corrected chi connectivity index (χ3v) is 3.29. The minimum Gasteiger partial charge on any atom is -0.457 e. The lowest BCUT2D eigenvalue weighted by Crippen LogP contribution is -1.99. The van der Waals surface area contributed by atoms with Crippen LogP contribution < -0.4 is 10.5 Å². The topological polar surface area (TPSA) is 78.4 Å². The number of non-ortho nitro benzene ring substituents is 1. The van der Waals surface area contributed by atoms with E-state index in [1.165, 1.54) is 12.1 Å². The van der Waals surface area contributed by atoms with Crippen molar-refractivity contribution in [3.05, 3.63) is 62.1 Å². The summed E-state index contributed by atoms with van der Waals surface area (Å²) in [7, 11) is 0. The lowest BCUT2D eigenvalue weighted by atomic mass is 10.1. The van der Waals surface area contributed by atoms with Crippen LogP contribution in [0.15, 0.2) is 40.9 Å². The zero-order chi connectivity index (χ0) is 14.7. The molecular weight excluding hydrogens is 324 g/mol. The summed E-state index contributed by atoms with van der Waals surface area (Å²) in [4.78, 5) is 10.4. The first-order chi connectivity index (χ1) is 9.49. The number of aryl methyl sites for hydroxylation is 1. The molecular formula is C14H13BrN2O3. The summed E-state index contributed by atoms with van der Waals surface area (Å²) in [5, 5.41) is 10.8. The number of hydrogen-bond donors (Lipinski definition) is 1. The van der Waals surface area contributed by atoms with E-state index in [0.717, 1.165) is 11.1 Å². The Morgan fingerprint density at radius 3 is 2.60 bits per heavy atom. The first-order valence-corrected chi connectivity index (χ1v) is 6.71. The van der Waals surface area contributed by atoms with E-state index in [9.17, 15) is 10.1 Å². The smallest absolute Gasteiger partial charge is 0.274 e. The average Bonchev–Trinajstić information content (AvgIpc) is 2.38. The zero-order valence-corrected chi connectivity index (χ0v) is 12.4. The molecule has 0 saturated carbocycles. The Labute approximate surface area is 124 Å². The quantitative estimate of drug-likeness (QED) is 0.677. The lowest BCUT2D eigenvalue weighted by molar-refractivity contribution is -0.385. The van der Waals surface area contributed by atoms with E-state index in [4.69, 9.17) is 10.5 Å². The lowest BCUT2D eigenvalue weighted by Gasteiger charge is -2.09. The number of hydrogen-bond acceptors (Lipinski definition) is 4. The standard InChI is InChI=1S/C14H13BrN2O3/c1-9-4-13(3-2-10(9)8-16)20-14-6-11(15)5-12(7-14)17(18)19/h2-7H,8,16H2,1H3. The maximum atomic E-state index is 10.8. The molecule has 0 aliphatic rings. The molecule has 0 radical (unpaired) electrons. The van der Waals surface area contributed by atoms with Crippen LogP contribution in [0.4, 0.5) is 5.69 Å². The second kappa shape index (κ2) is 6.02. The van der Waals surface area contributed by atoms with Gasteiger partial charge in [0.1, 0.15) is 11.5 Å². The van der Waals surface area contributed by atoms with Gasteiger partial charge in [0.2, 0.25) is 0 Å². The van der Waals surface area contributed by atoms with Gasteiger partial charge in [0.15, 0.2) is 0 Å². The molecule has 0 atom stereocenters. The van der Waals surface area contributed by atoms with Crippen molar-refractivity contribution in [2.75, 3.05) is 0 Å². The van der Waals surface area contributed by atoms with Gasteiger partial charge >= 0.3 is 0 Å². The van der Waals surface area contributed by atoms with Crippen LogP contribution in [-0.4, -0.2) is 4.92 Å². The van der Waals surface area contributed by atoms with Crippen LogP contribution in [0.1, 0.15) is 11.1 Å². The van der Waals surface area contributed by atoms with Gasteiger partial charge in [-0.25, -0.2) is 0 Å². The SMILES string of the molecule is Cc1cc(Oc2cc(Br)cc([N+](=O)[O-])c2)ccc1CN. The van der Waals surface area contributed by atoms with Crippen molar-refractivity contribution in [3.8, 4) is 11.5 Å². The Kier molecular flexibility index (Phi) is 4.36. The highest BCUT2D eigenvalue weighted by molar-refractivity contribution is 9.10. The fourth-order valence-corrected chi connectivity index (χ4v) is 2.27. The predicted molar refractivity (Wildman–Crippen MR) is 79.9 cm³/mol. The van der Waals surface area contributed by atoms with Gasteiger partial charge in [0.05, 0.1) is 11.0 Å². The summed E-state index contributed by atoms with van der Waals surface area (Å²) in [5.74, 6) is 1.03. The van der Waals surface area contributed by atoms with Crippen molar-refractivity contribution < 1.29 is 9.66 Å². The minimum atomic E-state index is -0.458. The van der Waals surface area contributed by atoms with Gasteiger partial charge in [-0.15, -0.1) is 0 Å². The number of nitro groups is 1. The molecule has 6 heteroatoms. The average molecular weight is 337 g/mol. The zero-order valence-electron chi connectivity index (χ0n) is 10.8. The monoisotopic (exact) mass is 336 g/mol. The number of nitrogens with two attached hydrogens (primary N) is 1. The van der Waals surface area contributed by atoms with E-state index in [1.54, 1.807) is 12.1 Å². The molecule has 2 N–H and O–H groups in total. The highest BCUT2D eigenvalue weighted by atomic mass is 79.9. The van der Waals surface area contributed by atoms with Gasteiger partial charge < -0.3 is 10.5 Å². The Hall–Kier alpha value is -1.92. The molecule has 2 aromatic rings. The Bertz CT molecular complexity index is 659. The number of nitrogens with zero attached hydrogens (tertiary/aromatic N) is 1. The number of ether oxygens (including phenoxy) is 1. The van der Waals surface area contributed by atoms with Gasteiger partial charge in [0.25, 0.3) is 5.69 Å². The molecule has 20 heavy (non-hydrogen) atoms. The third-order valence-electron chi connectivity index (χ3n) is 2.84. The molecule has 104 valence electrons. The molecule has 0 fully saturated rings. The van der Waals surface area contributed by atoms with E-state index < -0.39 is 4.92 Å². The van der Waals surface area contributed by atoms with E-state index >= 15 is 0 Å². The summed E-state index contributed by atoms with van der Waals surface area (Å²) in [6.07, 6.45) is 0. The normalized spacial score (nSPS) is 10.3. The van der Waals surface area contributed by atoms with Crippen LogP contribution in [0, 0.1) is 17.0 Å². The van der Waals surface area contributed by atoms with Crippen molar-refractivity contribution in [3.63, 3.8) is 0 Å². The highest BCUT2D eigenvalue weighted by Gasteiger charge is 2.10. The molecule has 0 bridgehead atoms. The predicted octanol–water partition coefficient (Wildman–Crippen LogP) is 3.92. The van der Waals surface area contributed by atoms with Crippen LogP contribution in [0.3, 0.4) is 0 Å². The second-order valence-electron chi connectivity index (χ2n) is 4.30. The molecule has 2 aromatic carbocycles. The summed E-state index contributed by atoms with van der Waals surface area (Å²) in [6.45, 7) is 2.41. The largest absolute Gasteiger partial charge is 0.457 e. The van der Waals surface area contributed by atoms with Crippen LogP contribution in [-0.2, 0) is 6.54 Å². The maximum absolute atomic E-state index is 10.8. The van der Waals surface area contributed by atoms with Crippen LogP contribution in [0.2, 0.25) is 0 Å². The molecule has 0 amide bonds. The van der Waals surface area contributed by atoms with E-state index in [1.807, 2.05) is 19.1 Å². The van der Waals surface area contributed by atoms with Crippen molar-refractivity contribution >= 4 is 21.6 Å². The van der Waals surface area contributed by atoms with E-state index in [2.05, 4.69) is 15.9 Å². The number of rotatable bonds is 4.